The van der Waals surface area contributed by atoms with E-state index in [1.807, 2.05) is 13.8 Å². The second-order valence-electron chi connectivity index (χ2n) is 6.31. The number of hydrogen-bond acceptors (Lipinski definition) is 5. The lowest BCUT2D eigenvalue weighted by Crippen LogP contribution is -2.41. The van der Waals surface area contributed by atoms with Crippen molar-refractivity contribution in [3.63, 3.8) is 0 Å². The van der Waals surface area contributed by atoms with Crippen molar-refractivity contribution in [3.05, 3.63) is 22.2 Å². The van der Waals surface area contributed by atoms with Crippen molar-refractivity contribution in [1.82, 2.24) is 15.3 Å². The Morgan fingerprint density at radius 1 is 1.43 bits per heavy atom. The number of ether oxygens (including phenoxy) is 2. The van der Waals surface area contributed by atoms with E-state index in [0.29, 0.717) is 18.3 Å². The van der Waals surface area contributed by atoms with E-state index in [1.165, 1.54) is 6.07 Å². The molecule has 1 aromatic rings. The van der Waals surface area contributed by atoms with Crippen LogP contribution in [0.4, 0.5) is 0 Å². The third-order valence-electron chi connectivity index (χ3n) is 4.26. The molecule has 0 aliphatic carbocycles. The van der Waals surface area contributed by atoms with Gasteiger partial charge in [0.2, 0.25) is 5.88 Å². The van der Waals surface area contributed by atoms with Crippen LogP contribution in [-0.2, 0) is 4.74 Å². The molecule has 21 heavy (non-hydrogen) atoms. The van der Waals surface area contributed by atoms with Crippen LogP contribution in [0, 0.1) is 0 Å². The quantitative estimate of drug-likeness (QED) is 0.875. The molecule has 6 nitrogen and oxygen atoms in total. The van der Waals surface area contributed by atoms with Gasteiger partial charge in [0, 0.05) is 12.3 Å². The van der Waals surface area contributed by atoms with E-state index in [0.717, 1.165) is 32.4 Å². The number of nitrogens with zero attached hydrogens (tertiary/aromatic N) is 1. The molecular weight excluding hydrogens is 270 g/mol. The molecule has 2 saturated heterocycles. The molecule has 1 atom stereocenters. The van der Waals surface area contributed by atoms with Crippen LogP contribution in [0.15, 0.2) is 10.9 Å². The van der Waals surface area contributed by atoms with E-state index < -0.39 is 0 Å². The lowest BCUT2D eigenvalue weighted by atomic mass is 9.89. The van der Waals surface area contributed by atoms with Crippen LogP contribution in [0.5, 0.6) is 5.88 Å². The Kier molecular flexibility index (Phi) is 3.99. The Morgan fingerprint density at radius 3 is 2.90 bits per heavy atom. The van der Waals surface area contributed by atoms with Crippen molar-refractivity contribution in [2.75, 3.05) is 19.7 Å². The Hall–Kier alpha value is -1.40. The molecule has 6 heteroatoms. The second-order valence-corrected chi connectivity index (χ2v) is 6.31. The molecule has 2 aliphatic heterocycles. The highest BCUT2D eigenvalue weighted by Gasteiger charge is 2.42. The maximum absolute atomic E-state index is 11.7. The summed E-state index contributed by atoms with van der Waals surface area (Å²) in [6.45, 7) is 6.54. The van der Waals surface area contributed by atoms with Gasteiger partial charge in [0.15, 0.2) is 0 Å². The molecule has 2 aliphatic rings. The van der Waals surface area contributed by atoms with E-state index in [9.17, 15) is 4.79 Å². The van der Waals surface area contributed by atoms with Gasteiger partial charge in [-0.2, -0.15) is 4.98 Å². The molecule has 2 fully saturated rings. The molecule has 3 rings (SSSR count). The van der Waals surface area contributed by atoms with Gasteiger partial charge in [0.25, 0.3) is 5.56 Å². The third-order valence-corrected chi connectivity index (χ3v) is 4.26. The summed E-state index contributed by atoms with van der Waals surface area (Å²) in [7, 11) is 0. The van der Waals surface area contributed by atoms with Crippen LogP contribution in [0.1, 0.15) is 44.9 Å². The van der Waals surface area contributed by atoms with E-state index in [2.05, 4.69) is 15.3 Å². The van der Waals surface area contributed by atoms with E-state index in [-0.39, 0.29) is 23.2 Å². The molecule has 0 amide bonds. The van der Waals surface area contributed by atoms with Crippen LogP contribution in [0.25, 0.3) is 0 Å². The number of rotatable bonds is 3. The highest BCUT2D eigenvalue weighted by Crippen LogP contribution is 2.35. The summed E-state index contributed by atoms with van der Waals surface area (Å²) in [6, 6.07) is 1.42. The van der Waals surface area contributed by atoms with Gasteiger partial charge < -0.3 is 19.8 Å². The Morgan fingerprint density at radius 2 is 2.19 bits per heavy atom. The minimum atomic E-state index is -0.167. The zero-order valence-electron chi connectivity index (χ0n) is 12.6. The van der Waals surface area contributed by atoms with Gasteiger partial charge >= 0.3 is 0 Å². The average Bonchev–Trinajstić information content (AvgIpc) is 2.81. The lowest BCUT2D eigenvalue weighted by Gasteiger charge is -2.32. The van der Waals surface area contributed by atoms with Gasteiger partial charge in [0.05, 0.1) is 18.3 Å². The van der Waals surface area contributed by atoms with E-state index in [1.54, 1.807) is 0 Å². The summed E-state index contributed by atoms with van der Waals surface area (Å²) >= 11 is 0. The zero-order chi connectivity index (χ0) is 14.9. The Bertz CT molecular complexity index is 549. The summed E-state index contributed by atoms with van der Waals surface area (Å²) in [5.74, 6) is 1.23. The van der Waals surface area contributed by atoms with Crippen molar-refractivity contribution in [3.8, 4) is 5.88 Å². The maximum Gasteiger partial charge on any atom is 0.254 e. The summed E-state index contributed by atoms with van der Waals surface area (Å²) in [6.07, 6.45) is 2.90. The van der Waals surface area contributed by atoms with Gasteiger partial charge in [-0.3, -0.25) is 4.79 Å². The first kappa shape index (κ1) is 14.5. The first-order chi connectivity index (χ1) is 10.1. The number of piperidine rings is 1. The van der Waals surface area contributed by atoms with Crippen LogP contribution in [0.2, 0.25) is 0 Å². The SMILES string of the molecule is CC(C)c1nc(OC2COC3(CCNCC3)C2)cc(=O)[nH]1. The van der Waals surface area contributed by atoms with Crippen molar-refractivity contribution in [2.45, 2.75) is 50.7 Å². The number of nitrogens with one attached hydrogen (secondary N) is 2. The number of aromatic amines is 1. The highest BCUT2D eigenvalue weighted by molar-refractivity contribution is 5.11. The van der Waals surface area contributed by atoms with Crippen LogP contribution < -0.4 is 15.6 Å². The molecule has 3 heterocycles. The molecule has 1 unspecified atom stereocenters. The molecular formula is C15H23N3O3. The van der Waals surface area contributed by atoms with Crippen LogP contribution in [0.3, 0.4) is 0 Å². The molecule has 0 radical (unpaired) electrons. The Balaban J connectivity index is 1.69. The van der Waals surface area contributed by atoms with Gasteiger partial charge in [-0.05, 0) is 25.9 Å². The lowest BCUT2D eigenvalue weighted by molar-refractivity contribution is -0.0205. The van der Waals surface area contributed by atoms with Gasteiger partial charge in [-0.1, -0.05) is 13.8 Å². The topological polar surface area (TPSA) is 76.2 Å². The molecule has 0 bridgehead atoms. The van der Waals surface area contributed by atoms with Gasteiger partial charge in [-0.15, -0.1) is 0 Å². The summed E-state index contributed by atoms with van der Waals surface area (Å²) in [4.78, 5) is 18.8. The highest BCUT2D eigenvalue weighted by atomic mass is 16.6. The fraction of sp³-hybridized carbons (Fsp3) is 0.733. The average molecular weight is 293 g/mol. The first-order valence-corrected chi connectivity index (χ1v) is 7.69. The summed E-state index contributed by atoms with van der Waals surface area (Å²) < 4.78 is 11.9. The normalized spacial score (nSPS) is 24.6. The Labute approximate surface area is 124 Å². The first-order valence-electron chi connectivity index (χ1n) is 7.69. The molecule has 116 valence electrons. The van der Waals surface area contributed by atoms with Gasteiger partial charge in [0.1, 0.15) is 11.9 Å². The number of H-pyrrole nitrogens is 1. The van der Waals surface area contributed by atoms with Crippen LogP contribution in [-0.4, -0.2) is 41.4 Å². The number of hydrogen-bond donors (Lipinski definition) is 2. The van der Waals surface area contributed by atoms with Crippen molar-refractivity contribution < 1.29 is 9.47 Å². The van der Waals surface area contributed by atoms with E-state index >= 15 is 0 Å². The van der Waals surface area contributed by atoms with Crippen LogP contribution >= 0.6 is 0 Å². The summed E-state index contributed by atoms with van der Waals surface area (Å²) in [5, 5.41) is 3.35. The monoisotopic (exact) mass is 293 g/mol. The molecule has 1 aromatic heterocycles. The minimum absolute atomic E-state index is 0.0163. The van der Waals surface area contributed by atoms with Crippen molar-refractivity contribution in [2.24, 2.45) is 0 Å². The second kappa shape index (κ2) is 5.77. The largest absolute Gasteiger partial charge is 0.472 e. The molecule has 0 saturated carbocycles. The standard InChI is InChI=1S/C15H23N3O3/c1-10(2)14-17-12(19)7-13(18-14)21-11-8-15(20-9-11)3-5-16-6-4-15/h7,10-11,16H,3-6,8-9H2,1-2H3,(H,17,18,19). The fourth-order valence-electron chi connectivity index (χ4n) is 3.07. The molecule has 0 aromatic carbocycles. The molecule has 1 spiro atoms. The predicted molar refractivity (Wildman–Crippen MR) is 78.8 cm³/mol. The van der Waals surface area contributed by atoms with Gasteiger partial charge in [-0.25, -0.2) is 0 Å². The van der Waals surface area contributed by atoms with Crippen molar-refractivity contribution >= 4 is 0 Å². The smallest absolute Gasteiger partial charge is 0.254 e. The zero-order valence-corrected chi connectivity index (χ0v) is 12.6. The maximum atomic E-state index is 11.7. The van der Waals surface area contributed by atoms with Crippen molar-refractivity contribution in [1.29, 1.82) is 0 Å². The third kappa shape index (κ3) is 3.27. The molecule has 2 N–H and O–H groups in total. The summed E-state index contributed by atoms with van der Waals surface area (Å²) in [5.41, 5.74) is -0.211. The predicted octanol–water partition coefficient (Wildman–Crippen LogP) is 1.18. The van der Waals surface area contributed by atoms with E-state index in [4.69, 9.17) is 9.47 Å². The minimum Gasteiger partial charge on any atom is -0.472 e. The fourth-order valence-corrected chi connectivity index (χ4v) is 3.07. The number of aromatic nitrogens is 2.